The highest BCUT2D eigenvalue weighted by atomic mass is 16.5. The number of carbonyl (C=O) groups excluding carboxylic acids is 2. The Kier molecular flexibility index (Phi) is 4.13. The van der Waals surface area contributed by atoms with Crippen molar-refractivity contribution in [2.75, 3.05) is 33.0 Å². The van der Waals surface area contributed by atoms with Crippen molar-refractivity contribution in [3.05, 3.63) is 35.9 Å². The first-order valence-corrected chi connectivity index (χ1v) is 7.78. The van der Waals surface area contributed by atoms with Crippen molar-refractivity contribution < 1.29 is 19.2 Å². The van der Waals surface area contributed by atoms with Crippen LogP contribution in [0.2, 0.25) is 0 Å². The summed E-state index contributed by atoms with van der Waals surface area (Å²) >= 11 is 0. The van der Waals surface area contributed by atoms with E-state index < -0.39 is 5.54 Å². The van der Waals surface area contributed by atoms with Crippen molar-refractivity contribution in [3.8, 4) is 0 Å². The second-order valence-corrected chi connectivity index (χ2v) is 5.81. The molecule has 0 radical (unpaired) electrons. The lowest BCUT2D eigenvalue weighted by molar-refractivity contribution is -0.915. The van der Waals surface area contributed by atoms with Gasteiger partial charge in [-0.05, 0) is 12.0 Å². The molecule has 22 heavy (non-hydrogen) atoms. The molecule has 0 aromatic heterocycles. The minimum Gasteiger partial charge on any atom is -0.370 e. The molecule has 0 bridgehead atoms. The van der Waals surface area contributed by atoms with Crippen molar-refractivity contribution >= 4 is 11.9 Å². The SMILES string of the molecule is CC[C@@]1(c2ccccc2)NC(=O)N(C[NH+]2CCOCC2)C1=O. The predicted octanol–water partition coefficient (Wildman–Crippen LogP) is -0.284. The number of quaternary nitrogens is 1. The van der Waals surface area contributed by atoms with Gasteiger partial charge in [-0.1, -0.05) is 37.3 Å². The maximum absolute atomic E-state index is 12.9. The smallest absolute Gasteiger partial charge is 0.329 e. The summed E-state index contributed by atoms with van der Waals surface area (Å²) in [5.41, 5.74) is -0.0836. The van der Waals surface area contributed by atoms with Crippen LogP contribution in [0.3, 0.4) is 0 Å². The van der Waals surface area contributed by atoms with Gasteiger partial charge in [-0.25, -0.2) is 9.69 Å². The molecule has 2 saturated heterocycles. The summed E-state index contributed by atoms with van der Waals surface area (Å²) in [6.45, 7) is 5.33. The molecule has 6 heteroatoms. The zero-order chi connectivity index (χ0) is 15.6. The van der Waals surface area contributed by atoms with Crippen molar-refractivity contribution in [1.29, 1.82) is 0 Å². The number of carbonyl (C=O) groups is 2. The van der Waals surface area contributed by atoms with E-state index in [0.29, 0.717) is 26.3 Å². The molecule has 0 saturated carbocycles. The van der Waals surface area contributed by atoms with Crippen LogP contribution in [0.4, 0.5) is 4.79 Å². The summed E-state index contributed by atoms with van der Waals surface area (Å²) in [7, 11) is 0. The molecule has 2 N–H and O–H groups in total. The lowest BCUT2D eigenvalue weighted by atomic mass is 9.87. The highest BCUT2D eigenvalue weighted by Gasteiger charge is 2.52. The molecule has 2 heterocycles. The van der Waals surface area contributed by atoms with E-state index in [-0.39, 0.29) is 11.9 Å². The maximum atomic E-state index is 12.9. The Bertz CT molecular complexity index is 557. The Morgan fingerprint density at radius 1 is 1.23 bits per heavy atom. The van der Waals surface area contributed by atoms with Gasteiger partial charge in [0.05, 0.1) is 13.2 Å². The van der Waals surface area contributed by atoms with E-state index in [2.05, 4.69) is 5.32 Å². The fourth-order valence-corrected chi connectivity index (χ4v) is 3.17. The molecule has 0 spiro atoms. The third-order valence-corrected chi connectivity index (χ3v) is 4.55. The average Bonchev–Trinajstić information content (AvgIpc) is 2.82. The number of benzene rings is 1. The summed E-state index contributed by atoms with van der Waals surface area (Å²) in [4.78, 5) is 27.9. The van der Waals surface area contributed by atoms with Gasteiger partial charge in [0, 0.05) is 0 Å². The number of rotatable bonds is 4. The zero-order valence-electron chi connectivity index (χ0n) is 12.8. The van der Waals surface area contributed by atoms with Crippen LogP contribution in [-0.2, 0) is 15.1 Å². The lowest BCUT2D eigenvalue weighted by Gasteiger charge is -2.28. The van der Waals surface area contributed by atoms with Gasteiger partial charge in [-0.2, -0.15) is 0 Å². The number of ether oxygens (including phenoxy) is 1. The molecule has 0 aliphatic carbocycles. The number of hydrogen-bond donors (Lipinski definition) is 2. The van der Waals surface area contributed by atoms with Gasteiger partial charge in [0.25, 0.3) is 5.91 Å². The second-order valence-electron chi connectivity index (χ2n) is 5.81. The van der Waals surface area contributed by atoms with E-state index in [1.165, 1.54) is 9.80 Å². The summed E-state index contributed by atoms with van der Waals surface area (Å²) in [6.07, 6.45) is 0.538. The molecule has 0 unspecified atom stereocenters. The quantitative estimate of drug-likeness (QED) is 0.752. The third-order valence-electron chi connectivity index (χ3n) is 4.55. The molecule has 3 amide bonds. The van der Waals surface area contributed by atoms with Crippen LogP contribution in [0, 0.1) is 0 Å². The fraction of sp³-hybridized carbons (Fsp3) is 0.500. The van der Waals surface area contributed by atoms with E-state index >= 15 is 0 Å². The monoisotopic (exact) mass is 304 g/mol. The summed E-state index contributed by atoms with van der Waals surface area (Å²) in [5, 5.41) is 2.92. The Morgan fingerprint density at radius 3 is 2.55 bits per heavy atom. The first kappa shape index (κ1) is 15.0. The van der Waals surface area contributed by atoms with Crippen molar-refractivity contribution in [3.63, 3.8) is 0 Å². The van der Waals surface area contributed by atoms with Crippen molar-refractivity contribution in [2.24, 2.45) is 0 Å². The first-order valence-electron chi connectivity index (χ1n) is 7.78. The summed E-state index contributed by atoms with van der Waals surface area (Å²) in [6, 6.07) is 9.18. The largest absolute Gasteiger partial charge is 0.370 e. The molecule has 6 nitrogen and oxygen atoms in total. The van der Waals surface area contributed by atoms with Crippen molar-refractivity contribution in [1.82, 2.24) is 10.2 Å². The Morgan fingerprint density at radius 2 is 1.91 bits per heavy atom. The number of imide groups is 1. The maximum Gasteiger partial charge on any atom is 0.329 e. The minimum absolute atomic E-state index is 0.148. The Balaban J connectivity index is 1.83. The molecule has 1 atom stereocenters. The van der Waals surface area contributed by atoms with Crippen LogP contribution in [0.1, 0.15) is 18.9 Å². The third kappa shape index (κ3) is 2.48. The lowest BCUT2D eigenvalue weighted by Crippen LogP contribution is -3.15. The van der Waals surface area contributed by atoms with Gasteiger partial charge in [-0.3, -0.25) is 4.79 Å². The topological polar surface area (TPSA) is 63.1 Å². The molecule has 2 fully saturated rings. The van der Waals surface area contributed by atoms with Gasteiger partial charge in [0.15, 0.2) is 6.67 Å². The normalized spacial score (nSPS) is 26.3. The number of urea groups is 1. The number of hydrogen-bond acceptors (Lipinski definition) is 3. The Labute approximate surface area is 130 Å². The molecule has 1 aromatic rings. The van der Waals surface area contributed by atoms with Crippen LogP contribution in [0.5, 0.6) is 0 Å². The van der Waals surface area contributed by atoms with Gasteiger partial charge in [0.1, 0.15) is 18.6 Å². The number of amides is 3. The second kappa shape index (κ2) is 6.06. The van der Waals surface area contributed by atoms with Gasteiger partial charge >= 0.3 is 6.03 Å². The average molecular weight is 304 g/mol. The molecule has 118 valence electrons. The molecule has 2 aliphatic rings. The van der Waals surface area contributed by atoms with E-state index in [1.54, 1.807) is 0 Å². The first-order chi connectivity index (χ1) is 10.7. The van der Waals surface area contributed by atoms with Crippen molar-refractivity contribution in [2.45, 2.75) is 18.9 Å². The Hall–Kier alpha value is -1.92. The van der Waals surface area contributed by atoms with E-state index in [1.807, 2.05) is 37.3 Å². The van der Waals surface area contributed by atoms with Crippen LogP contribution in [-0.4, -0.2) is 49.8 Å². The number of nitrogens with one attached hydrogen (secondary N) is 2. The van der Waals surface area contributed by atoms with Crippen LogP contribution in [0.15, 0.2) is 30.3 Å². The van der Waals surface area contributed by atoms with Gasteiger partial charge in [0.2, 0.25) is 0 Å². The highest BCUT2D eigenvalue weighted by molar-refractivity contribution is 6.07. The van der Waals surface area contributed by atoms with E-state index in [9.17, 15) is 9.59 Å². The fourth-order valence-electron chi connectivity index (χ4n) is 3.17. The molecule has 3 rings (SSSR count). The van der Waals surface area contributed by atoms with Gasteiger partial charge < -0.3 is 15.0 Å². The molecule has 2 aliphatic heterocycles. The summed E-state index contributed by atoms with van der Waals surface area (Å²) in [5.74, 6) is -0.148. The minimum atomic E-state index is -0.927. The molecular formula is C16H22N3O3+. The van der Waals surface area contributed by atoms with Crippen LogP contribution < -0.4 is 10.2 Å². The van der Waals surface area contributed by atoms with Crippen LogP contribution in [0.25, 0.3) is 0 Å². The number of nitrogens with zero attached hydrogens (tertiary/aromatic N) is 1. The van der Waals surface area contributed by atoms with Gasteiger partial charge in [-0.15, -0.1) is 0 Å². The molecular weight excluding hydrogens is 282 g/mol. The van der Waals surface area contributed by atoms with E-state index in [0.717, 1.165) is 18.7 Å². The molecule has 1 aromatic carbocycles. The highest BCUT2D eigenvalue weighted by Crippen LogP contribution is 2.31. The number of morpholine rings is 1. The van der Waals surface area contributed by atoms with E-state index in [4.69, 9.17) is 4.74 Å². The predicted molar refractivity (Wildman–Crippen MR) is 80.2 cm³/mol. The zero-order valence-corrected chi connectivity index (χ0v) is 12.8. The summed E-state index contributed by atoms with van der Waals surface area (Å²) < 4.78 is 5.32. The standard InChI is InChI=1S/C16H21N3O3/c1-2-16(13-6-4-3-5-7-13)14(20)19(15(21)17-16)12-18-8-10-22-11-9-18/h3-7H,2,8-12H2,1H3,(H,17,21)/p+1/t16-/m0/s1. The van der Waals surface area contributed by atoms with Crippen LogP contribution >= 0.6 is 0 Å².